The van der Waals surface area contributed by atoms with Gasteiger partial charge in [-0.1, -0.05) is 30.3 Å². The molecule has 0 fully saturated rings. The number of carboxylic acids is 1. The lowest BCUT2D eigenvalue weighted by atomic mass is 9.84. The third-order valence-corrected chi connectivity index (χ3v) is 3.18. The third-order valence-electron chi connectivity index (χ3n) is 3.18. The molecule has 0 aliphatic rings. The molecule has 0 bridgehead atoms. The first-order valence-electron chi connectivity index (χ1n) is 6.76. The second-order valence-electron chi connectivity index (χ2n) is 4.83. The summed E-state index contributed by atoms with van der Waals surface area (Å²) in [6, 6.07) is 8.09. The molecule has 6 nitrogen and oxygen atoms in total. The maximum atomic E-state index is 12.6. The van der Waals surface area contributed by atoms with E-state index in [9.17, 15) is 19.5 Å². The summed E-state index contributed by atoms with van der Waals surface area (Å²) in [6.45, 7) is 1.59. The number of ketones is 1. The SMILES string of the molecule is CC(=O)N[C@@](CCCCN)(C(=O)O)C(=O)c1ccccc1. The zero-order valence-electron chi connectivity index (χ0n) is 12.0. The number of nitrogens with two attached hydrogens (primary N) is 1. The number of rotatable bonds is 8. The second-order valence-corrected chi connectivity index (χ2v) is 4.83. The number of carbonyl (C=O) groups is 3. The van der Waals surface area contributed by atoms with Crippen molar-refractivity contribution in [3.8, 4) is 0 Å². The van der Waals surface area contributed by atoms with Crippen LogP contribution in [0.2, 0.25) is 0 Å². The highest BCUT2D eigenvalue weighted by atomic mass is 16.4. The minimum absolute atomic E-state index is 0.00679. The van der Waals surface area contributed by atoms with Crippen LogP contribution in [0.3, 0.4) is 0 Å². The Balaban J connectivity index is 3.17. The molecule has 0 aliphatic carbocycles. The third kappa shape index (κ3) is 4.13. The van der Waals surface area contributed by atoms with Crippen LogP contribution < -0.4 is 11.1 Å². The lowest BCUT2D eigenvalue weighted by molar-refractivity contribution is -0.145. The van der Waals surface area contributed by atoms with E-state index in [2.05, 4.69) is 5.32 Å². The van der Waals surface area contributed by atoms with Crippen molar-refractivity contribution in [2.75, 3.05) is 6.54 Å². The highest BCUT2D eigenvalue weighted by Crippen LogP contribution is 2.21. The molecule has 1 aromatic carbocycles. The van der Waals surface area contributed by atoms with E-state index in [1.165, 1.54) is 19.1 Å². The quantitative estimate of drug-likeness (QED) is 0.375. The van der Waals surface area contributed by atoms with Crippen molar-refractivity contribution >= 4 is 17.7 Å². The number of hydrogen-bond donors (Lipinski definition) is 3. The van der Waals surface area contributed by atoms with Crippen molar-refractivity contribution in [1.29, 1.82) is 0 Å². The number of Topliss-reactive ketones (excluding diaryl/α,β-unsaturated/α-hetero) is 1. The summed E-state index contributed by atoms with van der Waals surface area (Å²) in [6.07, 6.45) is 1.02. The van der Waals surface area contributed by atoms with Gasteiger partial charge in [0.2, 0.25) is 11.4 Å². The molecule has 1 rings (SSSR count). The summed E-state index contributed by atoms with van der Waals surface area (Å²) < 4.78 is 0. The average molecular weight is 292 g/mol. The molecule has 4 N–H and O–H groups in total. The number of amides is 1. The van der Waals surface area contributed by atoms with E-state index in [0.717, 1.165) is 0 Å². The molecule has 0 aliphatic heterocycles. The Kier molecular flexibility index (Phi) is 6.05. The van der Waals surface area contributed by atoms with Gasteiger partial charge in [0.05, 0.1) is 0 Å². The van der Waals surface area contributed by atoms with E-state index in [1.54, 1.807) is 18.2 Å². The van der Waals surface area contributed by atoms with Crippen molar-refractivity contribution < 1.29 is 19.5 Å². The molecule has 1 atom stereocenters. The van der Waals surface area contributed by atoms with Crippen molar-refractivity contribution in [2.24, 2.45) is 5.73 Å². The summed E-state index contributed by atoms with van der Waals surface area (Å²) >= 11 is 0. The zero-order valence-corrected chi connectivity index (χ0v) is 12.0. The van der Waals surface area contributed by atoms with Gasteiger partial charge in [-0.3, -0.25) is 9.59 Å². The molecule has 6 heteroatoms. The van der Waals surface area contributed by atoms with Gasteiger partial charge in [-0.15, -0.1) is 0 Å². The normalized spacial score (nSPS) is 13.2. The van der Waals surface area contributed by atoms with Crippen LogP contribution in [0.15, 0.2) is 30.3 Å². The number of benzene rings is 1. The smallest absolute Gasteiger partial charge is 0.337 e. The molecule has 0 saturated heterocycles. The highest BCUT2D eigenvalue weighted by molar-refractivity contribution is 6.17. The van der Waals surface area contributed by atoms with Gasteiger partial charge >= 0.3 is 5.97 Å². The summed E-state index contributed by atoms with van der Waals surface area (Å²) in [5.74, 6) is -2.54. The molecular formula is C15H20N2O4. The van der Waals surface area contributed by atoms with Crippen LogP contribution in [0.4, 0.5) is 0 Å². The van der Waals surface area contributed by atoms with Gasteiger partial charge in [0.15, 0.2) is 5.78 Å². The number of nitrogens with one attached hydrogen (secondary N) is 1. The minimum atomic E-state index is -1.94. The first-order chi connectivity index (χ1) is 9.94. The Hall–Kier alpha value is -2.21. The fourth-order valence-electron chi connectivity index (χ4n) is 2.16. The Bertz CT molecular complexity index is 516. The Morgan fingerprint density at radius 2 is 1.81 bits per heavy atom. The first kappa shape index (κ1) is 16.8. The highest BCUT2D eigenvalue weighted by Gasteiger charge is 2.46. The molecule has 0 saturated carbocycles. The molecule has 1 amide bonds. The Labute approximate surface area is 123 Å². The molecule has 1 aromatic rings. The molecule has 0 spiro atoms. The first-order valence-corrected chi connectivity index (χ1v) is 6.76. The maximum absolute atomic E-state index is 12.6. The predicted octanol–water partition coefficient (Wildman–Crippen LogP) is 0.958. The van der Waals surface area contributed by atoms with Crippen LogP contribution in [-0.2, 0) is 9.59 Å². The van der Waals surface area contributed by atoms with Crippen LogP contribution in [0.25, 0.3) is 0 Å². The number of unbranched alkanes of at least 4 members (excludes halogenated alkanes) is 1. The zero-order chi connectivity index (χ0) is 15.9. The van der Waals surface area contributed by atoms with Crippen LogP contribution in [0.1, 0.15) is 36.5 Å². The summed E-state index contributed by atoms with van der Waals surface area (Å²) in [7, 11) is 0. The minimum Gasteiger partial charge on any atom is -0.479 e. The summed E-state index contributed by atoms with van der Waals surface area (Å²) in [5, 5.41) is 11.9. The molecule has 0 heterocycles. The standard InChI is InChI=1S/C15H20N2O4/c1-11(18)17-15(14(20)21,9-5-6-10-16)13(19)12-7-3-2-4-8-12/h2-4,7-8H,5-6,9-10,16H2,1H3,(H,17,18)(H,20,21)/t15-/m1/s1. The van der Waals surface area contributed by atoms with Crippen molar-refractivity contribution in [3.63, 3.8) is 0 Å². The molecule has 21 heavy (non-hydrogen) atoms. The van der Waals surface area contributed by atoms with Gasteiger partial charge in [-0.05, 0) is 25.8 Å². The number of carbonyl (C=O) groups excluding carboxylic acids is 2. The van der Waals surface area contributed by atoms with E-state index >= 15 is 0 Å². The van der Waals surface area contributed by atoms with Crippen molar-refractivity contribution in [1.82, 2.24) is 5.32 Å². The van der Waals surface area contributed by atoms with E-state index in [-0.39, 0.29) is 12.0 Å². The fraction of sp³-hybridized carbons (Fsp3) is 0.400. The fourth-order valence-corrected chi connectivity index (χ4v) is 2.16. The molecule has 0 radical (unpaired) electrons. The van der Waals surface area contributed by atoms with E-state index in [1.807, 2.05) is 0 Å². The van der Waals surface area contributed by atoms with Gasteiger partial charge in [0, 0.05) is 12.5 Å². The van der Waals surface area contributed by atoms with E-state index < -0.39 is 23.2 Å². The Morgan fingerprint density at radius 3 is 2.29 bits per heavy atom. The number of aliphatic carboxylic acids is 1. The molecule has 0 unspecified atom stereocenters. The van der Waals surface area contributed by atoms with Gasteiger partial charge in [-0.2, -0.15) is 0 Å². The lowest BCUT2D eigenvalue weighted by Gasteiger charge is -2.28. The van der Waals surface area contributed by atoms with E-state index in [4.69, 9.17) is 5.73 Å². The maximum Gasteiger partial charge on any atom is 0.337 e. The molecule has 0 aromatic heterocycles. The average Bonchev–Trinajstić information content (AvgIpc) is 2.46. The van der Waals surface area contributed by atoms with Crippen LogP contribution >= 0.6 is 0 Å². The van der Waals surface area contributed by atoms with E-state index in [0.29, 0.717) is 19.4 Å². The predicted molar refractivity (Wildman–Crippen MR) is 77.9 cm³/mol. The van der Waals surface area contributed by atoms with Gasteiger partial charge in [-0.25, -0.2) is 4.79 Å². The van der Waals surface area contributed by atoms with Gasteiger partial charge in [0.25, 0.3) is 0 Å². The van der Waals surface area contributed by atoms with Crippen LogP contribution in [-0.4, -0.2) is 34.8 Å². The summed E-state index contributed by atoms with van der Waals surface area (Å²) in [4.78, 5) is 35.7. The lowest BCUT2D eigenvalue weighted by Crippen LogP contribution is -2.59. The van der Waals surface area contributed by atoms with Crippen LogP contribution in [0, 0.1) is 0 Å². The van der Waals surface area contributed by atoms with Crippen LogP contribution in [0.5, 0.6) is 0 Å². The van der Waals surface area contributed by atoms with Crippen molar-refractivity contribution in [2.45, 2.75) is 31.7 Å². The molecular weight excluding hydrogens is 272 g/mol. The second kappa shape index (κ2) is 7.54. The van der Waals surface area contributed by atoms with Gasteiger partial charge in [0.1, 0.15) is 0 Å². The topological polar surface area (TPSA) is 109 Å². The Morgan fingerprint density at radius 1 is 1.19 bits per heavy atom. The molecule has 114 valence electrons. The number of carboxylic acid groups (broad SMARTS) is 1. The monoisotopic (exact) mass is 292 g/mol. The van der Waals surface area contributed by atoms with Gasteiger partial charge < -0.3 is 16.2 Å². The largest absolute Gasteiger partial charge is 0.479 e. The number of hydrogen-bond acceptors (Lipinski definition) is 4. The van der Waals surface area contributed by atoms with Crippen molar-refractivity contribution in [3.05, 3.63) is 35.9 Å². The summed E-state index contributed by atoms with van der Waals surface area (Å²) in [5.41, 5.74) is 3.71.